The average molecular weight is 1070 g/mol. The number of benzene rings is 4. The molecule has 400 valence electrons. The number of carbonyl (C=O) groups is 2. The maximum Gasteiger partial charge on any atom is 0.306 e. The summed E-state index contributed by atoms with van der Waals surface area (Å²) in [5.41, 5.74) is 2.38. The van der Waals surface area contributed by atoms with Gasteiger partial charge in [-0.1, -0.05) is 22.4 Å². The molecule has 0 atom stereocenters. The van der Waals surface area contributed by atoms with E-state index in [9.17, 15) is 41.5 Å². The lowest BCUT2D eigenvalue weighted by atomic mass is 10.1. The van der Waals surface area contributed by atoms with Gasteiger partial charge in [0.2, 0.25) is 0 Å². The Kier molecular flexibility index (Phi) is 17.6. The second-order valence-electron chi connectivity index (χ2n) is 19.8. The van der Waals surface area contributed by atoms with Crippen LogP contribution in [0.2, 0.25) is 0 Å². The number of aryl methyl sites for hydroxylation is 2. The molecule has 0 fully saturated rings. The molecule has 0 aliphatic heterocycles. The summed E-state index contributed by atoms with van der Waals surface area (Å²) in [7, 11) is -3.65. The van der Waals surface area contributed by atoms with Gasteiger partial charge in [0.1, 0.15) is 59.1 Å². The summed E-state index contributed by atoms with van der Waals surface area (Å²) >= 11 is 0. The van der Waals surface area contributed by atoms with Crippen LogP contribution in [0.1, 0.15) is 103 Å². The number of ether oxygens (including phenoxy) is 2. The summed E-state index contributed by atoms with van der Waals surface area (Å²) in [6.45, 7) is 10.3. The summed E-state index contributed by atoms with van der Waals surface area (Å²) in [5, 5.41) is 17.9. The number of halogens is 2. The third-order valence-corrected chi connectivity index (χ3v) is 11.8. The van der Waals surface area contributed by atoms with Gasteiger partial charge < -0.3 is 23.6 Å². The van der Waals surface area contributed by atoms with E-state index in [2.05, 4.69) is 10.3 Å². The van der Waals surface area contributed by atoms with Crippen molar-refractivity contribution in [1.29, 1.82) is 0 Å². The highest BCUT2D eigenvalue weighted by atomic mass is 32.2. The van der Waals surface area contributed by atoms with Crippen molar-refractivity contribution in [3.63, 3.8) is 0 Å². The molecule has 8 aromatic rings. The summed E-state index contributed by atoms with van der Waals surface area (Å²) < 4.78 is 78.3. The third-order valence-electron chi connectivity index (χ3n) is 11.2. The van der Waals surface area contributed by atoms with Gasteiger partial charge >= 0.3 is 11.9 Å². The van der Waals surface area contributed by atoms with Crippen molar-refractivity contribution in [2.75, 3.05) is 6.26 Å². The fourth-order valence-electron chi connectivity index (χ4n) is 7.93. The topological polar surface area (TPSA) is 238 Å². The molecule has 8 rings (SSSR count). The average Bonchev–Trinajstić information content (AvgIpc) is 4.06. The minimum atomic E-state index is -3.65. The predicted molar refractivity (Wildman–Crippen MR) is 278 cm³/mol. The van der Waals surface area contributed by atoms with E-state index in [4.69, 9.17) is 32.7 Å². The first kappa shape index (κ1) is 56.0. The van der Waals surface area contributed by atoms with Gasteiger partial charge in [-0.15, -0.1) is 0 Å². The molecule has 18 nitrogen and oxygen atoms in total. The molecule has 0 saturated carbocycles. The Morgan fingerprint density at radius 1 is 0.605 bits per heavy atom. The minimum absolute atomic E-state index is 0.214. The number of hydrogen-bond donors (Lipinski definition) is 1. The molecule has 4 heterocycles. The Balaban J connectivity index is 0.000000222. The normalized spacial score (nSPS) is 11.9. The molecule has 0 spiro atoms. The number of aromatic nitrogens is 6. The molecule has 21 heteroatoms. The second kappa shape index (κ2) is 23.8. The van der Waals surface area contributed by atoms with Gasteiger partial charge in [-0.3, -0.25) is 32.5 Å². The number of hydrogen-bond acceptors (Lipinski definition) is 16. The van der Waals surface area contributed by atoms with Crippen molar-refractivity contribution in [2.45, 2.75) is 117 Å². The molecule has 1 N–H and O–H groups in total. The van der Waals surface area contributed by atoms with Gasteiger partial charge in [-0.2, -0.15) is 8.42 Å². The van der Waals surface area contributed by atoms with Gasteiger partial charge in [0.25, 0.3) is 21.2 Å². The van der Waals surface area contributed by atoms with E-state index in [1.807, 2.05) is 41.5 Å². The molecule has 76 heavy (non-hydrogen) atoms. The van der Waals surface area contributed by atoms with Crippen LogP contribution in [0.25, 0.3) is 55.7 Å². The van der Waals surface area contributed by atoms with Crippen LogP contribution >= 0.6 is 0 Å². The zero-order chi connectivity index (χ0) is 55.0. The summed E-state index contributed by atoms with van der Waals surface area (Å²) in [6, 6.07) is 24.5. The van der Waals surface area contributed by atoms with Gasteiger partial charge in [0, 0.05) is 48.9 Å². The van der Waals surface area contributed by atoms with Crippen LogP contribution in [0.5, 0.6) is 0 Å². The van der Waals surface area contributed by atoms with Crippen molar-refractivity contribution < 1.29 is 54.6 Å². The van der Waals surface area contributed by atoms with Crippen LogP contribution in [-0.2, 0) is 59.4 Å². The molecule has 0 unspecified atom stereocenters. The van der Waals surface area contributed by atoms with Gasteiger partial charge in [-0.25, -0.2) is 18.7 Å². The highest BCUT2D eigenvalue weighted by Gasteiger charge is 2.21. The third kappa shape index (κ3) is 15.2. The molecule has 0 amide bonds. The number of carbonyl (C=O) groups excluding carboxylic acids is 2. The van der Waals surface area contributed by atoms with E-state index in [0.717, 1.165) is 6.26 Å². The minimum Gasteiger partial charge on any atom is -0.460 e. The van der Waals surface area contributed by atoms with Crippen LogP contribution < -0.4 is 11.1 Å². The molecule has 0 aliphatic carbocycles. The smallest absolute Gasteiger partial charge is 0.306 e. The molecule has 4 aromatic carbocycles. The fraction of sp³-hybridized carbons (Fsp3) is 0.345. The largest absolute Gasteiger partial charge is 0.460 e. The lowest BCUT2D eigenvalue weighted by Gasteiger charge is -2.19. The van der Waals surface area contributed by atoms with E-state index in [1.54, 1.807) is 48.5 Å². The summed E-state index contributed by atoms with van der Waals surface area (Å²) in [5.74, 6) is 0.0886. The number of esters is 2. The number of fused-ring (bicyclic) bond motifs is 2. The number of rotatable bonds is 18. The van der Waals surface area contributed by atoms with Crippen LogP contribution in [0.4, 0.5) is 8.78 Å². The molecular formula is C55H58F2N6O12S. The molecule has 0 saturated heterocycles. The first-order valence-corrected chi connectivity index (χ1v) is 26.2. The fourth-order valence-corrected chi connectivity index (χ4v) is 8.26. The SMILES string of the molecule is CC(C)(C)OC(=O)CCCCc1nc2cc(-c3cc(CO)on3)ccc2c(=O)n1-c1ccc(F)cc1.CC(C)(C)OC(=O)CCCCc1nc2cc(-c3cc(COS(C)(=O)=O)on3)ccc2c(=O)n1-c1ccc(F)cc1. The van der Waals surface area contributed by atoms with Crippen LogP contribution in [0.15, 0.2) is 116 Å². The Labute approximate surface area is 436 Å². The molecule has 0 bridgehead atoms. The first-order valence-electron chi connectivity index (χ1n) is 24.4. The Morgan fingerprint density at radius 3 is 1.39 bits per heavy atom. The molecule has 4 aromatic heterocycles. The van der Waals surface area contributed by atoms with Gasteiger partial charge in [0.05, 0.1) is 39.4 Å². The highest BCUT2D eigenvalue weighted by Crippen LogP contribution is 2.27. The van der Waals surface area contributed by atoms with E-state index in [0.29, 0.717) is 112 Å². The Hall–Kier alpha value is -7.75. The van der Waals surface area contributed by atoms with Crippen LogP contribution in [0.3, 0.4) is 0 Å². The Bertz CT molecular complexity index is 3600. The predicted octanol–water partition coefficient (Wildman–Crippen LogP) is 9.44. The van der Waals surface area contributed by atoms with Crippen LogP contribution in [0, 0.1) is 11.6 Å². The monoisotopic (exact) mass is 1060 g/mol. The van der Waals surface area contributed by atoms with E-state index < -0.39 is 33.0 Å². The van der Waals surface area contributed by atoms with Crippen molar-refractivity contribution in [3.8, 4) is 33.9 Å². The molecule has 0 aliphatic rings. The molecular weight excluding hydrogens is 1010 g/mol. The first-order chi connectivity index (χ1) is 35.9. The van der Waals surface area contributed by atoms with E-state index in [-0.39, 0.29) is 54.9 Å². The number of unbranched alkanes of at least 4 members (excludes halogenated alkanes) is 2. The quantitative estimate of drug-likeness (QED) is 0.0478. The highest BCUT2D eigenvalue weighted by molar-refractivity contribution is 7.85. The van der Waals surface area contributed by atoms with E-state index in [1.165, 1.54) is 57.7 Å². The summed E-state index contributed by atoms with van der Waals surface area (Å²) in [4.78, 5) is 60.8. The lowest BCUT2D eigenvalue weighted by molar-refractivity contribution is -0.156. The number of aliphatic hydroxyl groups is 1. The van der Waals surface area contributed by atoms with Crippen LogP contribution in [-0.4, -0.2) is 72.3 Å². The zero-order valence-electron chi connectivity index (χ0n) is 43.1. The Morgan fingerprint density at radius 2 is 1.01 bits per heavy atom. The maximum absolute atomic E-state index is 13.6. The maximum atomic E-state index is 13.6. The van der Waals surface area contributed by atoms with Crippen molar-refractivity contribution >= 4 is 43.9 Å². The molecule has 0 radical (unpaired) electrons. The standard InChI is InChI=1S/C28H30FN3O7S.C27H28FN3O5/c1-28(2,3)38-26(33)8-6-5-7-25-30-24-15-18(23-16-21(39-31-23)17-37-40(4,35)36)9-14-22(24)27(34)32(25)20-12-10-19(29)11-13-20;1-27(2,3)35-25(33)7-5-4-6-24-29-23-14-17(22-15-20(16-32)36-30-22)8-13-21(23)26(34)31(24)19-11-9-18(28)10-12-19/h9-16H,5-8,17H2,1-4H3;8-15,32H,4-7,16H2,1-3H3. The van der Waals surface area contributed by atoms with Crippen molar-refractivity contribution in [1.82, 2.24) is 29.4 Å². The van der Waals surface area contributed by atoms with Gasteiger partial charge in [-0.05, 0) is 140 Å². The van der Waals surface area contributed by atoms with Crippen molar-refractivity contribution in [2.24, 2.45) is 0 Å². The number of aliphatic hydroxyl groups excluding tert-OH is 1. The number of nitrogens with zero attached hydrogens (tertiary/aromatic N) is 6. The van der Waals surface area contributed by atoms with E-state index >= 15 is 0 Å². The second-order valence-corrected chi connectivity index (χ2v) is 21.5. The zero-order valence-corrected chi connectivity index (χ0v) is 43.9. The lowest BCUT2D eigenvalue weighted by Crippen LogP contribution is -2.24. The van der Waals surface area contributed by atoms with Gasteiger partial charge in [0.15, 0.2) is 11.5 Å². The summed E-state index contributed by atoms with van der Waals surface area (Å²) in [6.07, 6.45) is 4.49. The van der Waals surface area contributed by atoms with Crippen molar-refractivity contribution in [3.05, 3.63) is 153 Å².